The lowest BCUT2D eigenvalue weighted by Crippen LogP contribution is -2.28. The van der Waals surface area contributed by atoms with E-state index in [2.05, 4.69) is 25.9 Å². The van der Waals surface area contributed by atoms with Crippen molar-refractivity contribution in [2.24, 2.45) is 0 Å². The molecule has 4 rings (SSSR count). The zero-order valence-electron chi connectivity index (χ0n) is 15.9. The number of benzene rings is 2. The summed E-state index contributed by atoms with van der Waals surface area (Å²) >= 11 is 0. The zero-order valence-corrected chi connectivity index (χ0v) is 15.9. The van der Waals surface area contributed by atoms with Gasteiger partial charge in [0.2, 0.25) is 5.91 Å². The number of hydrogen-bond acceptors (Lipinski definition) is 5. The van der Waals surface area contributed by atoms with Gasteiger partial charge in [-0.25, -0.2) is 9.36 Å². The SMILES string of the molecule is O=C(Nc1ccc(-n2nccc2C(F)(F)F)cc1)C(Cc1ccccc1)n1cnnn1. The van der Waals surface area contributed by atoms with Gasteiger partial charge in [-0.05, 0) is 46.3 Å². The summed E-state index contributed by atoms with van der Waals surface area (Å²) in [7, 11) is 0. The first kappa shape index (κ1) is 20.3. The van der Waals surface area contributed by atoms with Crippen LogP contribution in [0.15, 0.2) is 73.2 Å². The Bertz CT molecular complexity index is 1140. The van der Waals surface area contributed by atoms with Gasteiger partial charge in [0.15, 0.2) is 0 Å². The van der Waals surface area contributed by atoms with E-state index in [9.17, 15) is 18.0 Å². The van der Waals surface area contributed by atoms with Crippen LogP contribution in [-0.2, 0) is 17.4 Å². The van der Waals surface area contributed by atoms with E-state index < -0.39 is 17.9 Å². The third-order valence-corrected chi connectivity index (χ3v) is 4.57. The Hall–Kier alpha value is -4.02. The number of rotatable bonds is 6. The van der Waals surface area contributed by atoms with Crippen LogP contribution in [-0.4, -0.2) is 35.9 Å². The molecule has 1 atom stereocenters. The summed E-state index contributed by atoms with van der Waals surface area (Å²) in [5, 5.41) is 17.5. The lowest BCUT2D eigenvalue weighted by molar-refractivity contribution is -0.142. The first-order valence-electron chi connectivity index (χ1n) is 9.21. The number of tetrazole rings is 1. The normalized spacial score (nSPS) is 12.5. The highest BCUT2D eigenvalue weighted by molar-refractivity contribution is 5.93. The van der Waals surface area contributed by atoms with Crippen molar-refractivity contribution in [1.82, 2.24) is 30.0 Å². The number of hydrogen-bond donors (Lipinski definition) is 1. The number of anilines is 1. The summed E-state index contributed by atoms with van der Waals surface area (Å²) in [6.07, 6.45) is -1.73. The maximum atomic E-state index is 13.1. The fourth-order valence-electron chi connectivity index (χ4n) is 3.09. The second-order valence-electron chi connectivity index (χ2n) is 6.66. The van der Waals surface area contributed by atoms with Crippen molar-refractivity contribution in [1.29, 1.82) is 0 Å². The maximum Gasteiger partial charge on any atom is 0.433 e. The Balaban J connectivity index is 1.52. The summed E-state index contributed by atoms with van der Waals surface area (Å²) < 4.78 is 41.4. The lowest BCUT2D eigenvalue weighted by Gasteiger charge is -2.17. The molecule has 0 aliphatic heterocycles. The number of nitrogens with one attached hydrogen (secondary N) is 1. The molecule has 0 saturated carbocycles. The lowest BCUT2D eigenvalue weighted by atomic mass is 10.1. The van der Waals surface area contributed by atoms with E-state index in [0.29, 0.717) is 12.1 Å². The number of aromatic nitrogens is 6. The molecule has 1 N–H and O–H groups in total. The molecule has 4 aromatic rings. The molecule has 158 valence electrons. The fraction of sp³-hybridized carbons (Fsp3) is 0.150. The molecule has 2 heterocycles. The van der Waals surface area contributed by atoms with Crippen LogP contribution in [0.25, 0.3) is 5.69 Å². The predicted octanol–water partition coefficient (Wildman–Crippen LogP) is 3.30. The Morgan fingerprint density at radius 3 is 2.42 bits per heavy atom. The van der Waals surface area contributed by atoms with E-state index in [4.69, 9.17) is 0 Å². The van der Waals surface area contributed by atoms with Gasteiger partial charge in [0, 0.05) is 12.1 Å². The molecule has 0 aliphatic rings. The van der Waals surface area contributed by atoms with Crippen LogP contribution in [0.1, 0.15) is 17.3 Å². The second-order valence-corrected chi connectivity index (χ2v) is 6.66. The minimum Gasteiger partial charge on any atom is -0.324 e. The maximum absolute atomic E-state index is 13.1. The van der Waals surface area contributed by atoms with Crippen molar-refractivity contribution < 1.29 is 18.0 Å². The van der Waals surface area contributed by atoms with Crippen molar-refractivity contribution in [2.75, 3.05) is 5.32 Å². The predicted molar refractivity (Wildman–Crippen MR) is 104 cm³/mol. The van der Waals surface area contributed by atoms with Gasteiger partial charge in [0.05, 0.1) is 11.9 Å². The van der Waals surface area contributed by atoms with Crippen LogP contribution in [0.3, 0.4) is 0 Å². The van der Waals surface area contributed by atoms with E-state index in [1.807, 2.05) is 30.3 Å². The number of carbonyl (C=O) groups is 1. The summed E-state index contributed by atoms with van der Waals surface area (Å²) in [5.41, 5.74) is 0.676. The zero-order chi connectivity index (χ0) is 21.8. The third-order valence-electron chi connectivity index (χ3n) is 4.57. The smallest absolute Gasteiger partial charge is 0.324 e. The van der Waals surface area contributed by atoms with Crippen LogP contribution in [0.2, 0.25) is 0 Å². The molecule has 0 radical (unpaired) electrons. The quantitative estimate of drug-likeness (QED) is 0.510. The fourth-order valence-corrected chi connectivity index (χ4v) is 3.09. The van der Waals surface area contributed by atoms with Gasteiger partial charge >= 0.3 is 6.18 Å². The number of alkyl halides is 3. The van der Waals surface area contributed by atoms with Crippen LogP contribution in [0.5, 0.6) is 0 Å². The molecule has 2 aromatic carbocycles. The Morgan fingerprint density at radius 2 is 1.77 bits per heavy atom. The molecule has 0 spiro atoms. The first-order chi connectivity index (χ1) is 14.9. The van der Waals surface area contributed by atoms with Gasteiger partial charge in [-0.2, -0.15) is 18.3 Å². The van der Waals surface area contributed by atoms with Gasteiger partial charge in [0.25, 0.3) is 0 Å². The van der Waals surface area contributed by atoms with E-state index in [-0.39, 0.29) is 11.6 Å². The highest BCUT2D eigenvalue weighted by atomic mass is 19.4. The summed E-state index contributed by atoms with van der Waals surface area (Å²) in [5.74, 6) is -0.362. The highest BCUT2D eigenvalue weighted by Gasteiger charge is 2.35. The monoisotopic (exact) mass is 427 g/mol. The van der Waals surface area contributed by atoms with Crippen LogP contribution >= 0.6 is 0 Å². The van der Waals surface area contributed by atoms with E-state index in [1.54, 1.807) is 0 Å². The van der Waals surface area contributed by atoms with Gasteiger partial charge in [-0.1, -0.05) is 30.3 Å². The molecule has 31 heavy (non-hydrogen) atoms. The van der Waals surface area contributed by atoms with Crippen LogP contribution in [0.4, 0.5) is 18.9 Å². The topological polar surface area (TPSA) is 90.5 Å². The van der Waals surface area contributed by atoms with Gasteiger partial charge in [-0.3, -0.25) is 4.79 Å². The number of carbonyl (C=O) groups excluding carboxylic acids is 1. The van der Waals surface area contributed by atoms with Gasteiger partial charge in [-0.15, -0.1) is 5.10 Å². The van der Waals surface area contributed by atoms with E-state index in [0.717, 1.165) is 22.5 Å². The molecule has 0 bridgehead atoms. The Morgan fingerprint density at radius 1 is 1.03 bits per heavy atom. The minimum absolute atomic E-state index is 0.219. The average molecular weight is 427 g/mol. The Labute approximate surface area is 174 Å². The standard InChI is InChI=1S/C20H16F3N7O/c21-20(22,23)18-10-11-25-30(18)16-8-6-15(7-9-16)26-19(31)17(29-13-24-27-28-29)12-14-4-2-1-3-5-14/h1-11,13,17H,12H2,(H,26,31). The summed E-state index contributed by atoms with van der Waals surface area (Å²) in [6.45, 7) is 0. The molecule has 0 saturated heterocycles. The molecular formula is C20H16F3N7O. The molecule has 2 aromatic heterocycles. The number of halogens is 3. The van der Waals surface area contributed by atoms with Crippen molar-refractivity contribution in [3.8, 4) is 5.69 Å². The van der Waals surface area contributed by atoms with Crippen molar-refractivity contribution in [2.45, 2.75) is 18.6 Å². The van der Waals surface area contributed by atoms with Crippen LogP contribution < -0.4 is 5.32 Å². The average Bonchev–Trinajstić information content (AvgIpc) is 3.45. The molecular weight excluding hydrogens is 411 g/mol. The molecule has 11 heteroatoms. The summed E-state index contributed by atoms with van der Waals surface area (Å²) in [6, 6.07) is 15.5. The van der Waals surface area contributed by atoms with Crippen molar-refractivity contribution in [3.63, 3.8) is 0 Å². The first-order valence-corrected chi connectivity index (χ1v) is 9.21. The number of nitrogens with zero attached hydrogens (tertiary/aromatic N) is 6. The third kappa shape index (κ3) is 4.60. The number of amides is 1. The Kier molecular flexibility index (Phi) is 5.48. The summed E-state index contributed by atoms with van der Waals surface area (Å²) in [4.78, 5) is 12.9. The molecule has 8 nitrogen and oxygen atoms in total. The molecule has 0 aliphatic carbocycles. The van der Waals surface area contributed by atoms with E-state index in [1.165, 1.54) is 35.3 Å². The van der Waals surface area contributed by atoms with Gasteiger partial charge < -0.3 is 5.32 Å². The largest absolute Gasteiger partial charge is 0.433 e. The van der Waals surface area contributed by atoms with Crippen molar-refractivity contribution in [3.05, 3.63) is 84.4 Å². The molecule has 0 fully saturated rings. The van der Waals surface area contributed by atoms with Gasteiger partial charge in [0.1, 0.15) is 18.1 Å². The minimum atomic E-state index is -4.53. The van der Waals surface area contributed by atoms with Crippen LogP contribution in [0, 0.1) is 0 Å². The van der Waals surface area contributed by atoms with Crippen molar-refractivity contribution >= 4 is 11.6 Å². The molecule has 1 amide bonds. The highest BCUT2D eigenvalue weighted by Crippen LogP contribution is 2.30. The van der Waals surface area contributed by atoms with E-state index >= 15 is 0 Å². The molecule has 1 unspecified atom stereocenters. The second kappa shape index (κ2) is 8.38.